The van der Waals surface area contributed by atoms with Crippen molar-refractivity contribution in [1.29, 1.82) is 0 Å². The lowest BCUT2D eigenvalue weighted by molar-refractivity contribution is -0.115. The highest BCUT2D eigenvalue weighted by Gasteiger charge is 2.02. The summed E-state index contributed by atoms with van der Waals surface area (Å²) in [5, 5.41) is 5.64. The van der Waals surface area contributed by atoms with Crippen molar-refractivity contribution in [2.75, 3.05) is 26.0 Å². The molecule has 0 heterocycles. The van der Waals surface area contributed by atoms with Gasteiger partial charge in [-0.1, -0.05) is 11.8 Å². The molecular weight excluding hydrogens is 320 g/mol. The summed E-state index contributed by atoms with van der Waals surface area (Å²) in [6, 6.07) is 15.7. The highest BCUT2D eigenvalue weighted by Crippen LogP contribution is 2.29. The number of benzene rings is 2. The van der Waals surface area contributed by atoms with E-state index in [4.69, 9.17) is 4.74 Å². The Morgan fingerprint density at radius 2 is 1.59 bits per heavy atom. The number of hydrogen-bond acceptors (Lipinski definition) is 4. The Labute approximate surface area is 141 Å². The van der Waals surface area contributed by atoms with Gasteiger partial charge in [-0.25, -0.2) is 0 Å². The van der Waals surface area contributed by atoms with Crippen LogP contribution < -0.4 is 15.4 Å². The molecule has 2 N–H and O–H groups in total. The number of amides is 1. The Bertz CT molecular complexity index is 588. The van der Waals surface area contributed by atoms with Gasteiger partial charge in [0.25, 0.3) is 0 Å². The molecule has 0 atom stereocenters. The zero-order valence-electron chi connectivity index (χ0n) is 12.5. The molecule has 0 radical (unpaired) electrons. The molecule has 0 aliphatic carbocycles. The van der Waals surface area contributed by atoms with Gasteiger partial charge in [0.15, 0.2) is 0 Å². The first-order valence-electron chi connectivity index (χ1n) is 6.57. The van der Waals surface area contributed by atoms with E-state index in [0.717, 1.165) is 21.2 Å². The maximum Gasteiger partial charge on any atom is 0.238 e. The molecule has 0 saturated carbocycles. The Morgan fingerprint density at radius 1 is 1.05 bits per heavy atom. The van der Waals surface area contributed by atoms with E-state index >= 15 is 0 Å². The maximum absolute atomic E-state index is 11.5. The zero-order valence-corrected chi connectivity index (χ0v) is 14.1. The standard InChI is InChI=1S/C16H18N2O2S.ClH/c1-17-11-16(19)18-12-3-7-14(8-4-12)21-15-9-5-13(20-2)6-10-15;/h3-10,17H,11H2,1-2H3,(H,18,19);1H. The number of hydrogen-bond donors (Lipinski definition) is 2. The smallest absolute Gasteiger partial charge is 0.238 e. The van der Waals surface area contributed by atoms with Crippen LogP contribution in [0.25, 0.3) is 0 Å². The van der Waals surface area contributed by atoms with Crippen molar-refractivity contribution in [3.8, 4) is 5.75 Å². The number of carbonyl (C=O) groups is 1. The highest BCUT2D eigenvalue weighted by molar-refractivity contribution is 7.99. The summed E-state index contributed by atoms with van der Waals surface area (Å²) in [4.78, 5) is 13.7. The van der Waals surface area contributed by atoms with Gasteiger partial charge in [-0.05, 0) is 55.6 Å². The van der Waals surface area contributed by atoms with Crippen molar-refractivity contribution in [3.63, 3.8) is 0 Å². The lowest BCUT2D eigenvalue weighted by Gasteiger charge is -2.07. The molecule has 0 bridgehead atoms. The minimum atomic E-state index is -0.0481. The van der Waals surface area contributed by atoms with Crippen molar-refractivity contribution in [1.82, 2.24) is 5.32 Å². The molecule has 1 amide bonds. The average Bonchev–Trinajstić information content (AvgIpc) is 2.50. The normalized spacial score (nSPS) is 9.73. The van der Waals surface area contributed by atoms with Crippen LogP contribution in [0.4, 0.5) is 5.69 Å². The fourth-order valence-corrected chi connectivity index (χ4v) is 2.57. The molecule has 4 nitrogen and oxygen atoms in total. The molecule has 6 heteroatoms. The van der Waals surface area contributed by atoms with Crippen LogP contribution >= 0.6 is 24.2 Å². The van der Waals surface area contributed by atoms with Gasteiger partial charge >= 0.3 is 0 Å². The molecule has 0 unspecified atom stereocenters. The monoisotopic (exact) mass is 338 g/mol. The van der Waals surface area contributed by atoms with Gasteiger partial charge < -0.3 is 15.4 Å². The van der Waals surface area contributed by atoms with Crippen molar-refractivity contribution < 1.29 is 9.53 Å². The largest absolute Gasteiger partial charge is 0.497 e. The summed E-state index contributed by atoms with van der Waals surface area (Å²) in [6.45, 7) is 0.308. The van der Waals surface area contributed by atoms with Crippen molar-refractivity contribution >= 4 is 35.8 Å². The summed E-state index contributed by atoms with van der Waals surface area (Å²) in [5.74, 6) is 0.801. The van der Waals surface area contributed by atoms with Crippen LogP contribution in [0, 0.1) is 0 Å². The number of methoxy groups -OCH3 is 1. The van der Waals surface area contributed by atoms with Gasteiger partial charge in [-0.15, -0.1) is 12.4 Å². The summed E-state index contributed by atoms with van der Waals surface area (Å²) in [5.41, 5.74) is 0.800. The fourth-order valence-electron chi connectivity index (χ4n) is 1.75. The lowest BCUT2D eigenvalue weighted by Crippen LogP contribution is -2.24. The SMILES string of the molecule is CNCC(=O)Nc1ccc(Sc2ccc(OC)cc2)cc1.Cl. The van der Waals surface area contributed by atoms with Crippen molar-refractivity contribution in [3.05, 3.63) is 48.5 Å². The molecular formula is C16H19ClN2O2S. The van der Waals surface area contributed by atoms with Gasteiger partial charge in [-0.3, -0.25) is 4.79 Å². The quantitative estimate of drug-likeness (QED) is 0.847. The molecule has 0 saturated heterocycles. The highest BCUT2D eigenvalue weighted by atomic mass is 35.5. The predicted molar refractivity (Wildman–Crippen MR) is 93.4 cm³/mol. The maximum atomic E-state index is 11.5. The third-order valence-corrected chi connectivity index (χ3v) is 3.79. The minimum Gasteiger partial charge on any atom is -0.497 e. The zero-order chi connectivity index (χ0) is 15.1. The van der Waals surface area contributed by atoms with Gasteiger partial charge in [0, 0.05) is 15.5 Å². The Hall–Kier alpha value is -1.69. The summed E-state index contributed by atoms with van der Waals surface area (Å²) in [7, 11) is 3.40. The van der Waals surface area contributed by atoms with Crippen LogP contribution in [-0.2, 0) is 4.79 Å². The van der Waals surface area contributed by atoms with Crippen LogP contribution in [0.5, 0.6) is 5.75 Å². The van der Waals surface area contributed by atoms with Crippen LogP contribution in [0.3, 0.4) is 0 Å². The Kier molecular flexibility index (Phi) is 7.80. The summed E-state index contributed by atoms with van der Waals surface area (Å²) < 4.78 is 5.14. The summed E-state index contributed by atoms with van der Waals surface area (Å²) >= 11 is 1.66. The minimum absolute atomic E-state index is 0. The van der Waals surface area contributed by atoms with Crippen molar-refractivity contribution in [2.45, 2.75) is 9.79 Å². The van der Waals surface area contributed by atoms with E-state index in [-0.39, 0.29) is 18.3 Å². The first kappa shape index (κ1) is 18.4. The van der Waals surface area contributed by atoms with E-state index in [9.17, 15) is 4.79 Å². The van der Waals surface area contributed by atoms with E-state index in [2.05, 4.69) is 10.6 Å². The van der Waals surface area contributed by atoms with Crippen LogP contribution in [0.15, 0.2) is 58.3 Å². The number of ether oxygens (including phenoxy) is 1. The second kappa shape index (κ2) is 9.35. The number of anilines is 1. The van der Waals surface area contributed by atoms with Gasteiger partial charge in [0.1, 0.15) is 5.75 Å². The molecule has 118 valence electrons. The number of carbonyl (C=O) groups excluding carboxylic acids is 1. The lowest BCUT2D eigenvalue weighted by atomic mass is 10.3. The third-order valence-electron chi connectivity index (χ3n) is 2.77. The van der Waals surface area contributed by atoms with Crippen LogP contribution in [-0.4, -0.2) is 26.6 Å². The molecule has 0 fully saturated rings. The molecule has 2 rings (SSSR count). The second-order valence-electron chi connectivity index (χ2n) is 4.38. The van der Waals surface area contributed by atoms with Gasteiger partial charge in [-0.2, -0.15) is 0 Å². The number of nitrogens with one attached hydrogen (secondary N) is 2. The molecule has 2 aromatic carbocycles. The van der Waals surface area contributed by atoms with E-state index in [1.54, 1.807) is 25.9 Å². The summed E-state index contributed by atoms with van der Waals surface area (Å²) in [6.07, 6.45) is 0. The Balaban J connectivity index is 0.00000242. The van der Waals surface area contributed by atoms with Gasteiger partial charge in [0.2, 0.25) is 5.91 Å². The first-order valence-corrected chi connectivity index (χ1v) is 7.39. The van der Waals surface area contributed by atoms with Crippen LogP contribution in [0.2, 0.25) is 0 Å². The first-order chi connectivity index (χ1) is 10.2. The van der Waals surface area contributed by atoms with E-state index in [1.165, 1.54) is 0 Å². The second-order valence-corrected chi connectivity index (χ2v) is 5.53. The predicted octanol–water partition coefficient (Wildman–Crippen LogP) is 3.43. The molecule has 22 heavy (non-hydrogen) atoms. The molecule has 2 aromatic rings. The molecule has 0 aliphatic heterocycles. The van der Waals surface area contributed by atoms with Gasteiger partial charge in [0.05, 0.1) is 13.7 Å². The molecule has 0 spiro atoms. The molecule has 0 aromatic heterocycles. The van der Waals surface area contributed by atoms with Crippen molar-refractivity contribution in [2.24, 2.45) is 0 Å². The average molecular weight is 339 g/mol. The number of rotatable bonds is 6. The van der Waals surface area contributed by atoms with E-state index in [1.807, 2.05) is 48.5 Å². The molecule has 0 aliphatic rings. The Morgan fingerprint density at radius 3 is 2.09 bits per heavy atom. The third kappa shape index (κ3) is 5.60. The fraction of sp³-hybridized carbons (Fsp3) is 0.188. The van der Waals surface area contributed by atoms with E-state index in [0.29, 0.717) is 6.54 Å². The number of likely N-dealkylation sites (N-methyl/N-ethyl adjacent to an activating group) is 1. The number of halogens is 1. The topological polar surface area (TPSA) is 50.4 Å². The van der Waals surface area contributed by atoms with E-state index < -0.39 is 0 Å². The van der Waals surface area contributed by atoms with Crippen LogP contribution in [0.1, 0.15) is 0 Å².